The Labute approximate surface area is 167 Å². The topological polar surface area (TPSA) is 68.9 Å². The van der Waals surface area contributed by atoms with Gasteiger partial charge in [0.05, 0.1) is 0 Å². The van der Waals surface area contributed by atoms with Crippen molar-refractivity contribution in [1.82, 2.24) is 10.2 Å². The van der Waals surface area contributed by atoms with Crippen LogP contribution in [-0.2, 0) is 17.1 Å². The molecule has 0 bridgehead atoms. The molecule has 0 atom stereocenters. The third kappa shape index (κ3) is 7.57. The third-order valence-electron chi connectivity index (χ3n) is 3.09. The van der Waals surface area contributed by atoms with Gasteiger partial charge in [-0.3, -0.25) is 0 Å². The third-order valence-corrected chi connectivity index (χ3v) is 3.89. The SMILES string of the molecule is CC(=O)[c-]1cccc1.Nc1nnc(-c2ccccc2)s1.[Fe].[cH-]1[cH-][cH-][cH-][cH-]1. The summed E-state index contributed by atoms with van der Waals surface area (Å²) in [6.07, 6.45) is 0. The maximum Gasteiger partial charge on any atom is 0.203 e. The van der Waals surface area contributed by atoms with Crippen LogP contribution in [0.1, 0.15) is 17.3 Å². The molecule has 0 unspecified atom stereocenters. The Bertz CT molecular complexity index is 823. The molecule has 0 aliphatic rings. The van der Waals surface area contributed by atoms with Gasteiger partial charge in [0.25, 0.3) is 0 Å². The summed E-state index contributed by atoms with van der Waals surface area (Å²) in [6.45, 7) is 1.56. The van der Waals surface area contributed by atoms with E-state index >= 15 is 0 Å². The number of ketones is 1. The van der Waals surface area contributed by atoms with Gasteiger partial charge in [0.1, 0.15) is 10.8 Å². The molecule has 0 aliphatic heterocycles. The van der Waals surface area contributed by atoms with Crippen molar-refractivity contribution in [2.24, 2.45) is 0 Å². The minimum absolute atomic E-state index is 0. The van der Waals surface area contributed by atoms with E-state index in [0.717, 1.165) is 16.1 Å². The van der Waals surface area contributed by atoms with Gasteiger partial charge in [-0.25, -0.2) is 12.1 Å². The van der Waals surface area contributed by atoms with Gasteiger partial charge in [-0.2, -0.15) is 12.1 Å². The van der Waals surface area contributed by atoms with Crippen molar-refractivity contribution >= 4 is 22.3 Å². The molecule has 1 heterocycles. The summed E-state index contributed by atoms with van der Waals surface area (Å²) in [7, 11) is 0. The molecule has 0 saturated heterocycles. The Hall–Kier alpha value is -2.53. The molecular weight excluding hydrogens is 386 g/mol. The zero-order chi connectivity index (χ0) is 17.9. The minimum Gasteiger partial charge on any atom is -0.748 e. The van der Waals surface area contributed by atoms with Crippen LogP contribution in [0.4, 0.5) is 5.13 Å². The van der Waals surface area contributed by atoms with Gasteiger partial charge < -0.3 is 40.9 Å². The van der Waals surface area contributed by atoms with Crippen LogP contribution in [0.2, 0.25) is 0 Å². The molecule has 0 saturated carbocycles. The molecule has 26 heavy (non-hydrogen) atoms. The first-order valence-electron chi connectivity index (χ1n) is 7.70. The van der Waals surface area contributed by atoms with Crippen LogP contribution >= 0.6 is 11.3 Å². The number of nitrogens with zero attached hydrogens (tertiary/aromatic N) is 2. The standard InChI is InChI=1S/C8H7N3S.C7H7O.C5H5.Fe/c9-8-11-10-7(12-8)6-4-2-1-3-5-6;1-6(8)7-4-2-3-5-7;1-2-4-5-3-1;/h1-5H,(H2,9,11);2-5H,1H3;1-5H;/q;-1;-5;. The number of aromatic nitrogens is 2. The molecule has 0 fully saturated rings. The van der Waals surface area contributed by atoms with Crippen molar-refractivity contribution in [3.63, 3.8) is 0 Å². The number of Topliss-reactive ketones (excluding diaryl/α,β-unsaturated/α-hetero) is 1. The zero-order valence-electron chi connectivity index (χ0n) is 14.2. The van der Waals surface area contributed by atoms with Crippen molar-refractivity contribution in [2.45, 2.75) is 6.92 Å². The van der Waals surface area contributed by atoms with Crippen LogP contribution in [0.3, 0.4) is 0 Å². The number of nitrogen functional groups attached to an aromatic ring is 1. The summed E-state index contributed by atoms with van der Waals surface area (Å²) >= 11 is 1.40. The summed E-state index contributed by atoms with van der Waals surface area (Å²) in [4.78, 5) is 10.5. The van der Waals surface area contributed by atoms with Crippen molar-refractivity contribution < 1.29 is 21.9 Å². The van der Waals surface area contributed by atoms with E-state index in [0.29, 0.717) is 5.13 Å². The predicted molar refractivity (Wildman–Crippen MR) is 104 cm³/mol. The number of benzene rings is 1. The Morgan fingerprint density at radius 2 is 1.50 bits per heavy atom. The quantitative estimate of drug-likeness (QED) is 0.296. The second kappa shape index (κ2) is 11.9. The van der Waals surface area contributed by atoms with E-state index in [1.54, 1.807) is 6.92 Å². The minimum atomic E-state index is 0. The molecule has 4 aromatic rings. The van der Waals surface area contributed by atoms with Crippen molar-refractivity contribution in [2.75, 3.05) is 5.73 Å². The van der Waals surface area contributed by atoms with Crippen LogP contribution in [0.15, 0.2) is 84.9 Å². The van der Waals surface area contributed by atoms with Gasteiger partial charge in [-0.05, 0) is 6.92 Å². The fourth-order valence-electron chi connectivity index (χ4n) is 1.86. The fraction of sp³-hybridized carbons (Fsp3) is 0.0500. The number of carbonyl (C=O) groups excluding carboxylic acids is 1. The molecule has 6 heteroatoms. The first-order valence-corrected chi connectivity index (χ1v) is 8.52. The molecule has 4 nitrogen and oxygen atoms in total. The van der Waals surface area contributed by atoms with Gasteiger partial charge >= 0.3 is 0 Å². The Morgan fingerprint density at radius 1 is 0.962 bits per heavy atom. The molecule has 3 aromatic carbocycles. The van der Waals surface area contributed by atoms with Crippen LogP contribution < -0.4 is 5.73 Å². The van der Waals surface area contributed by atoms with Gasteiger partial charge in [0, 0.05) is 22.6 Å². The number of carbonyl (C=O) groups is 1. The Kier molecular flexibility index (Phi) is 9.87. The zero-order valence-corrected chi connectivity index (χ0v) is 16.1. The smallest absolute Gasteiger partial charge is 0.203 e. The maximum absolute atomic E-state index is 10.5. The molecule has 1 aromatic heterocycles. The van der Waals surface area contributed by atoms with Crippen LogP contribution in [0.25, 0.3) is 10.6 Å². The van der Waals surface area contributed by atoms with Gasteiger partial charge in [-0.1, -0.05) is 47.2 Å². The summed E-state index contributed by atoms with van der Waals surface area (Å²) in [5.41, 5.74) is 7.32. The largest absolute Gasteiger partial charge is 0.748 e. The molecule has 4 rings (SSSR count). The number of hydrogen-bond donors (Lipinski definition) is 1. The van der Waals surface area contributed by atoms with Gasteiger partial charge in [0.2, 0.25) is 5.13 Å². The Morgan fingerprint density at radius 3 is 1.88 bits per heavy atom. The van der Waals surface area contributed by atoms with E-state index in [-0.39, 0.29) is 22.9 Å². The summed E-state index contributed by atoms with van der Waals surface area (Å²) in [6, 6.07) is 27.2. The first-order chi connectivity index (χ1) is 12.2. The molecule has 140 valence electrons. The molecule has 0 radical (unpaired) electrons. The maximum atomic E-state index is 10.5. The molecular formula is C20H19FeN3OS-6. The van der Waals surface area contributed by atoms with Crippen molar-refractivity contribution in [3.8, 4) is 10.6 Å². The molecule has 0 aliphatic carbocycles. The predicted octanol–water partition coefficient (Wildman–Crippen LogP) is 4.80. The second-order valence-corrected chi connectivity index (χ2v) is 6.01. The normalized spacial score (nSPS) is 8.96. The Balaban J connectivity index is 0.000000209. The molecule has 0 amide bonds. The average molecular weight is 405 g/mol. The summed E-state index contributed by atoms with van der Waals surface area (Å²) < 4.78 is 0. The van der Waals surface area contributed by atoms with Crippen LogP contribution in [0, 0.1) is 0 Å². The summed E-state index contributed by atoms with van der Waals surface area (Å²) in [5, 5.41) is 9.05. The van der Waals surface area contributed by atoms with E-state index in [2.05, 4.69) is 10.2 Å². The number of nitrogens with two attached hydrogens (primary N) is 1. The van der Waals surface area contributed by atoms with E-state index in [1.807, 2.05) is 84.9 Å². The monoisotopic (exact) mass is 405 g/mol. The molecule has 0 spiro atoms. The van der Waals surface area contributed by atoms with Gasteiger partial charge in [-0.15, -0.1) is 10.2 Å². The first kappa shape index (κ1) is 21.5. The average Bonchev–Trinajstić information content (AvgIpc) is 3.40. The van der Waals surface area contributed by atoms with E-state index in [1.165, 1.54) is 11.3 Å². The van der Waals surface area contributed by atoms with Crippen LogP contribution in [-0.4, -0.2) is 16.0 Å². The van der Waals surface area contributed by atoms with Crippen molar-refractivity contribution in [1.29, 1.82) is 0 Å². The number of anilines is 1. The fourth-order valence-corrected chi connectivity index (χ4v) is 2.48. The van der Waals surface area contributed by atoms with Gasteiger partial charge in [0.15, 0.2) is 0 Å². The van der Waals surface area contributed by atoms with E-state index in [9.17, 15) is 4.79 Å². The number of rotatable bonds is 2. The van der Waals surface area contributed by atoms with Crippen molar-refractivity contribution in [3.05, 3.63) is 90.5 Å². The van der Waals surface area contributed by atoms with Crippen LogP contribution in [0.5, 0.6) is 0 Å². The second-order valence-electron chi connectivity index (χ2n) is 5.00. The molecule has 2 N–H and O–H groups in total. The van der Waals surface area contributed by atoms with E-state index < -0.39 is 0 Å². The summed E-state index contributed by atoms with van der Waals surface area (Å²) in [5.74, 6) is 0.134. The number of hydrogen-bond acceptors (Lipinski definition) is 5. The van der Waals surface area contributed by atoms with E-state index in [4.69, 9.17) is 5.73 Å².